The van der Waals surface area contributed by atoms with E-state index in [-0.39, 0.29) is 5.56 Å². The zero-order valence-corrected chi connectivity index (χ0v) is 15.2. The Kier molecular flexibility index (Phi) is 4.60. The fourth-order valence-corrected chi connectivity index (χ4v) is 2.87. The third-order valence-corrected chi connectivity index (χ3v) is 3.93. The molecule has 0 bridgehead atoms. The third-order valence-electron chi connectivity index (χ3n) is 3.71. The molecule has 0 aromatic carbocycles. The Morgan fingerprint density at radius 1 is 1.36 bits per heavy atom. The second kappa shape index (κ2) is 6.55. The quantitative estimate of drug-likeness (QED) is 0.614. The summed E-state index contributed by atoms with van der Waals surface area (Å²) in [5, 5.41) is 0.414. The predicted octanol–water partition coefficient (Wildman–Crippen LogP) is 2.86. The molecule has 0 aliphatic carbocycles. The predicted molar refractivity (Wildman–Crippen MR) is 93.1 cm³/mol. The Hall–Kier alpha value is -2.28. The van der Waals surface area contributed by atoms with Crippen molar-refractivity contribution in [3.63, 3.8) is 0 Å². The van der Waals surface area contributed by atoms with E-state index in [2.05, 4.69) is 4.98 Å². The van der Waals surface area contributed by atoms with Crippen molar-refractivity contribution in [2.24, 2.45) is 0 Å². The summed E-state index contributed by atoms with van der Waals surface area (Å²) in [5.41, 5.74) is -0.513. The van der Waals surface area contributed by atoms with Crippen LogP contribution in [0.15, 0.2) is 27.6 Å². The van der Waals surface area contributed by atoms with Gasteiger partial charge in [-0.05, 0) is 38.8 Å². The van der Waals surface area contributed by atoms with Gasteiger partial charge in [0, 0.05) is 19.3 Å². The van der Waals surface area contributed by atoms with Gasteiger partial charge in [0.1, 0.15) is 10.8 Å². The first-order valence-electron chi connectivity index (χ1n) is 8.07. The van der Waals surface area contributed by atoms with E-state index >= 15 is 0 Å². The van der Waals surface area contributed by atoms with Gasteiger partial charge >= 0.3 is 11.6 Å². The minimum absolute atomic E-state index is 0.0588. The van der Waals surface area contributed by atoms with Crippen LogP contribution in [0.4, 0.5) is 5.82 Å². The van der Waals surface area contributed by atoms with E-state index in [4.69, 9.17) is 20.9 Å². The molecule has 7 nitrogen and oxygen atoms in total. The molecule has 134 valence electrons. The molecule has 3 rings (SSSR count). The van der Waals surface area contributed by atoms with Crippen molar-refractivity contribution in [1.29, 1.82) is 0 Å². The topological polar surface area (TPSA) is 77.6 Å². The standard InChI is InChI=1S/C17H20ClN3O4/c1-17(2,3)24-15(22)13-14-20(7-4-8-21(14)25-16(13)23)10-11-5-6-12(18)19-9-11/h5-6,9H,4,7-8,10H2,1-3H3. The van der Waals surface area contributed by atoms with E-state index in [1.54, 1.807) is 33.0 Å². The van der Waals surface area contributed by atoms with E-state index in [1.807, 2.05) is 11.0 Å². The highest BCUT2D eigenvalue weighted by Crippen LogP contribution is 2.27. The van der Waals surface area contributed by atoms with Gasteiger partial charge < -0.3 is 14.2 Å². The van der Waals surface area contributed by atoms with Gasteiger partial charge in [0.05, 0.1) is 6.54 Å². The van der Waals surface area contributed by atoms with Crippen molar-refractivity contribution >= 4 is 23.4 Å². The van der Waals surface area contributed by atoms with E-state index < -0.39 is 17.2 Å². The number of ether oxygens (including phenoxy) is 1. The number of rotatable bonds is 3. The molecule has 1 aliphatic rings. The summed E-state index contributed by atoms with van der Waals surface area (Å²) in [4.78, 5) is 30.7. The Bertz CT molecular complexity index is 833. The van der Waals surface area contributed by atoms with Crippen molar-refractivity contribution in [2.45, 2.75) is 45.9 Å². The number of hydrogen-bond donors (Lipinski definition) is 0. The maximum absolute atomic E-state index is 12.5. The van der Waals surface area contributed by atoms with Gasteiger partial charge in [-0.3, -0.25) is 0 Å². The molecule has 0 saturated carbocycles. The number of aryl methyl sites for hydroxylation is 1. The molecule has 0 spiro atoms. The SMILES string of the molecule is CC(C)(C)OC(=O)c1c2n(oc1=O)CCCN2Cc1ccc(Cl)nc1. The van der Waals surface area contributed by atoms with Gasteiger partial charge in [-0.1, -0.05) is 17.7 Å². The molecule has 2 aromatic rings. The molecule has 2 aromatic heterocycles. The summed E-state index contributed by atoms with van der Waals surface area (Å²) in [7, 11) is 0. The number of pyridine rings is 1. The number of aromatic nitrogens is 2. The molecule has 1 aliphatic heterocycles. The van der Waals surface area contributed by atoms with E-state index in [0.717, 1.165) is 12.0 Å². The van der Waals surface area contributed by atoms with Crippen molar-refractivity contribution in [2.75, 3.05) is 11.4 Å². The van der Waals surface area contributed by atoms with Crippen LogP contribution in [-0.4, -0.2) is 27.8 Å². The minimum Gasteiger partial charge on any atom is -0.456 e. The maximum atomic E-state index is 12.5. The molecule has 0 fully saturated rings. The molecule has 0 N–H and O–H groups in total. The Morgan fingerprint density at radius 2 is 2.12 bits per heavy atom. The van der Waals surface area contributed by atoms with Crippen LogP contribution in [0.3, 0.4) is 0 Å². The van der Waals surface area contributed by atoms with Crippen LogP contribution in [0, 0.1) is 0 Å². The van der Waals surface area contributed by atoms with Crippen LogP contribution >= 0.6 is 11.6 Å². The number of esters is 1. The van der Waals surface area contributed by atoms with E-state index in [9.17, 15) is 9.59 Å². The van der Waals surface area contributed by atoms with E-state index in [1.165, 1.54) is 4.74 Å². The number of halogens is 1. The lowest BCUT2D eigenvalue weighted by molar-refractivity contribution is 0.00676. The molecule has 0 saturated heterocycles. The summed E-state index contributed by atoms with van der Waals surface area (Å²) in [6.07, 6.45) is 2.48. The first kappa shape index (κ1) is 17.5. The van der Waals surface area contributed by atoms with Gasteiger partial charge in [-0.2, -0.15) is 4.74 Å². The van der Waals surface area contributed by atoms with Gasteiger partial charge in [-0.25, -0.2) is 14.6 Å². The Balaban J connectivity index is 1.95. The van der Waals surface area contributed by atoms with Crippen molar-refractivity contribution in [3.8, 4) is 0 Å². The van der Waals surface area contributed by atoms with Crippen LogP contribution in [0.25, 0.3) is 0 Å². The average molecular weight is 366 g/mol. The summed E-state index contributed by atoms with van der Waals surface area (Å²) < 4.78 is 12.1. The van der Waals surface area contributed by atoms with Crippen molar-refractivity contribution in [1.82, 2.24) is 9.72 Å². The molecular weight excluding hydrogens is 346 g/mol. The van der Waals surface area contributed by atoms with Gasteiger partial charge in [-0.15, -0.1) is 0 Å². The Morgan fingerprint density at radius 3 is 2.76 bits per heavy atom. The smallest absolute Gasteiger partial charge is 0.374 e. The lowest BCUT2D eigenvalue weighted by atomic mass is 10.1. The third kappa shape index (κ3) is 3.87. The monoisotopic (exact) mass is 365 g/mol. The molecule has 0 unspecified atom stereocenters. The number of carbonyl (C=O) groups excluding carboxylic acids is 1. The maximum Gasteiger partial charge on any atom is 0.374 e. The first-order chi connectivity index (χ1) is 11.7. The number of anilines is 1. The molecular formula is C17H20ClN3O4. The fraction of sp³-hybridized carbons (Fsp3) is 0.471. The molecule has 8 heteroatoms. The van der Waals surface area contributed by atoms with Crippen LogP contribution in [0.1, 0.15) is 43.1 Å². The highest BCUT2D eigenvalue weighted by atomic mass is 35.5. The fourth-order valence-electron chi connectivity index (χ4n) is 2.76. The van der Waals surface area contributed by atoms with Crippen molar-refractivity contribution in [3.05, 3.63) is 45.0 Å². The summed E-state index contributed by atoms with van der Waals surface area (Å²) >= 11 is 5.82. The molecule has 0 amide bonds. The van der Waals surface area contributed by atoms with Crippen LogP contribution in [-0.2, 0) is 17.8 Å². The normalized spacial score (nSPS) is 14.3. The van der Waals surface area contributed by atoms with Gasteiger partial charge in [0.15, 0.2) is 11.4 Å². The molecule has 3 heterocycles. The lowest BCUT2D eigenvalue weighted by Crippen LogP contribution is -2.34. The first-order valence-corrected chi connectivity index (χ1v) is 8.45. The molecule has 0 radical (unpaired) electrons. The van der Waals surface area contributed by atoms with Gasteiger partial charge in [0.25, 0.3) is 0 Å². The van der Waals surface area contributed by atoms with Gasteiger partial charge in [0.2, 0.25) is 0 Å². The zero-order valence-electron chi connectivity index (χ0n) is 14.4. The van der Waals surface area contributed by atoms with Crippen molar-refractivity contribution < 1.29 is 14.1 Å². The number of nitrogens with zero attached hydrogens (tertiary/aromatic N) is 3. The minimum atomic E-state index is -0.696. The van der Waals surface area contributed by atoms with Crippen LogP contribution < -0.4 is 10.5 Å². The summed E-state index contributed by atoms with van der Waals surface area (Å²) in [5.74, 6) is -0.211. The zero-order chi connectivity index (χ0) is 18.2. The highest BCUT2D eigenvalue weighted by Gasteiger charge is 2.33. The van der Waals surface area contributed by atoms with E-state index in [0.29, 0.717) is 30.6 Å². The average Bonchev–Trinajstić information content (AvgIpc) is 2.85. The second-order valence-electron chi connectivity index (χ2n) is 6.95. The Labute approximate surface area is 150 Å². The lowest BCUT2D eigenvalue weighted by Gasteiger charge is -2.29. The molecule has 25 heavy (non-hydrogen) atoms. The summed E-state index contributed by atoms with van der Waals surface area (Å²) in [6, 6.07) is 3.57. The second-order valence-corrected chi connectivity index (χ2v) is 7.33. The van der Waals surface area contributed by atoms with Crippen LogP contribution in [0.2, 0.25) is 5.15 Å². The number of hydrogen-bond acceptors (Lipinski definition) is 6. The number of fused-ring (bicyclic) bond motifs is 1. The van der Waals surface area contributed by atoms with Crippen LogP contribution in [0.5, 0.6) is 0 Å². The summed E-state index contributed by atoms with van der Waals surface area (Å²) in [6.45, 7) is 6.99. The largest absolute Gasteiger partial charge is 0.456 e. The molecule has 0 atom stereocenters. The number of carbonyl (C=O) groups is 1. The highest BCUT2D eigenvalue weighted by molar-refractivity contribution is 6.29.